The number of carboxylic acid groups (broad SMARTS) is 1. The number of hydrogen-bond donors (Lipinski definition) is 12. The maximum Gasteiger partial charge on any atom is 3.00 e. The van der Waals surface area contributed by atoms with Gasteiger partial charge < -0.3 is 96.1 Å². The topological polar surface area (TPSA) is 399 Å². The molecule has 30 nitrogen and oxygen atoms in total. The third kappa shape index (κ3) is 54.7. The average molecular weight is 1580 g/mol. The number of ether oxygens (including phenoxy) is 1. The second kappa shape index (κ2) is 60.0. The van der Waals surface area contributed by atoms with Gasteiger partial charge in [0.2, 0.25) is 0 Å². The minimum atomic E-state index is -1.11. The molecule has 0 spiro atoms. The largest absolute Gasteiger partial charge is 3.00 e. The Morgan fingerprint density at radius 2 is 0.705 bits per heavy atom. The SMILES string of the molecule is CC(=O)CBr.CC(C)(C)CN1CCN(CC(=O)OC(C)(C)C)CCN(C(CO)C(O)CO)CCN(CC(C)(C)C)CC1.CCN1CCN(CC)CCN(C(CO)C(O)CO)CCN(CC(=O)[O-])CC1.O=C=O.O=C=O.OCC(O)C(CO)N1CCNCCNCCNCC1.[Gd+3]. The van der Waals surface area contributed by atoms with Crippen molar-refractivity contribution in [3.63, 3.8) is 0 Å². The predicted molar refractivity (Wildman–Crippen MR) is 359 cm³/mol. The van der Waals surface area contributed by atoms with Crippen LogP contribution < -0.4 is 21.1 Å². The third-order valence-corrected chi connectivity index (χ3v) is 16.1. The van der Waals surface area contributed by atoms with Gasteiger partial charge in [-0.1, -0.05) is 71.3 Å². The maximum atomic E-state index is 12.7. The van der Waals surface area contributed by atoms with Crippen molar-refractivity contribution in [2.75, 3.05) is 241 Å². The minimum Gasteiger partial charge on any atom is -0.549 e. The Morgan fingerprint density at radius 1 is 0.453 bits per heavy atom. The first-order chi connectivity index (χ1) is 44.3. The number of likely N-dealkylation sites (N-methyl/N-ethyl adjacent to an activating group) is 2. The molecule has 6 atom stereocenters. The number of rotatable bonds is 21. The predicted octanol–water partition coefficient (Wildman–Crippen LogP) is -5.34. The molecule has 561 valence electrons. The van der Waals surface area contributed by atoms with E-state index >= 15 is 0 Å². The number of aliphatic carboxylic acids is 1. The van der Waals surface area contributed by atoms with E-state index in [9.17, 15) is 60.3 Å². The van der Waals surface area contributed by atoms with Gasteiger partial charge in [-0.2, -0.15) is 19.2 Å². The molecule has 3 aliphatic rings. The summed E-state index contributed by atoms with van der Waals surface area (Å²) in [6.07, 6.45) is -2.47. The van der Waals surface area contributed by atoms with E-state index in [2.05, 4.69) is 117 Å². The number of aliphatic hydroxyl groups excluding tert-OH is 9. The molecule has 3 fully saturated rings. The van der Waals surface area contributed by atoms with E-state index in [1.54, 1.807) is 0 Å². The second-order valence-electron chi connectivity index (χ2n) is 26.9. The standard InChI is InChI=1S/C28H58N4O5.C18H38N4O5.C12H28N4O3.C3H5BrO.2CO2.Gd/c1-26(2,3)21-30-11-10-29(18-25(36)37-28(7,8)9)14-16-32(23(19-33)24(35)20-34)17-15-31(13-12-30)22-27(4,5)6;1-3-19-5-6-20(4-2)9-11-22(16(14-23)17(25)15-24)12-10-21(8-7-19)13-18(26)27;17-9-11(12(19)10-18)16-7-5-14-3-1-13-2-4-15-6-8-16;1-3(5)2-4;2*2-1-3;/h23-24,33-35H,10-22H2,1-9H3;16-17,23-25H,3-15H2,1-2H3,(H,26,27);11-15,17-19H,1-10H2;2H2,1H3;;;/q;;;;;;+3/p-1. The molecule has 0 aromatic heterocycles. The average Bonchev–Trinajstić information content (AvgIpc) is 1.34. The molecule has 3 aliphatic heterocycles. The van der Waals surface area contributed by atoms with E-state index in [4.69, 9.17) is 29.0 Å². The molecule has 32 heteroatoms. The number of carbonyl (C=O) groups is 3. The van der Waals surface area contributed by atoms with Gasteiger partial charge in [0.05, 0.1) is 93.9 Å². The van der Waals surface area contributed by atoms with Gasteiger partial charge in [0.25, 0.3) is 0 Å². The van der Waals surface area contributed by atoms with Crippen molar-refractivity contribution >= 4 is 46.0 Å². The molecule has 3 saturated heterocycles. The summed E-state index contributed by atoms with van der Waals surface area (Å²) in [5, 5.41) is 109. The number of halogens is 1. The number of Topliss-reactive ketones (excluding diaryl/α,β-unsaturated/α-hetero) is 1. The van der Waals surface area contributed by atoms with Gasteiger partial charge in [-0.05, 0) is 51.6 Å². The van der Waals surface area contributed by atoms with E-state index < -0.39 is 61.2 Å². The molecule has 12 N–H and O–H groups in total. The first-order valence-corrected chi connectivity index (χ1v) is 34.2. The number of nitrogens with one attached hydrogen (secondary N) is 3. The van der Waals surface area contributed by atoms with E-state index in [-0.39, 0.29) is 114 Å². The molecule has 1 radical (unpaired) electrons. The van der Waals surface area contributed by atoms with Crippen molar-refractivity contribution < 1.29 is 129 Å². The van der Waals surface area contributed by atoms with Crippen LogP contribution in [0.1, 0.15) is 83.1 Å². The monoisotopic (exact) mass is 1580 g/mol. The summed E-state index contributed by atoms with van der Waals surface area (Å²) in [6.45, 7) is 45.2. The van der Waals surface area contributed by atoms with Crippen LogP contribution in [-0.4, -0.2) is 403 Å². The second-order valence-corrected chi connectivity index (χ2v) is 27.5. The number of aliphatic hydroxyl groups is 9. The van der Waals surface area contributed by atoms with E-state index in [0.717, 1.165) is 137 Å². The van der Waals surface area contributed by atoms with Crippen molar-refractivity contribution in [1.82, 2.24) is 60.0 Å². The number of esters is 1. The Hall–Kier alpha value is -1.67. The fraction of sp³-hybridized carbons (Fsp3) is 0.921. The smallest absolute Gasteiger partial charge is 0.549 e. The van der Waals surface area contributed by atoms with E-state index in [1.807, 2.05) is 35.5 Å². The summed E-state index contributed by atoms with van der Waals surface area (Å²) in [6, 6.07) is -1.55. The van der Waals surface area contributed by atoms with Gasteiger partial charge in [0.1, 0.15) is 11.4 Å². The third-order valence-electron chi connectivity index (χ3n) is 15.3. The van der Waals surface area contributed by atoms with Crippen LogP contribution >= 0.6 is 15.9 Å². The van der Waals surface area contributed by atoms with E-state index in [1.165, 1.54) is 6.92 Å². The molecule has 0 aromatic rings. The van der Waals surface area contributed by atoms with Crippen molar-refractivity contribution in [2.24, 2.45) is 10.8 Å². The molecular weight excluding hydrogens is 1450 g/mol. The first kappa shape index (κ1) is 99.7. The van der Waals surface area contributed by atoms with Crippen molar-refractivity contribution in [3.8, 4) is 0 Å². The Balaban J connectivity index is -0.000000625. The van der Waals surface area contributed by atoms with Gasteiger partial charge in [0.15, 0.2) is 0 Å². The molecular formula is C63H128BrGdN12O18+2. The van der Waals surface area contributed by atoms with Gasteiger partial charge >= 0.3 is 58.2 Å². The number of ketones is 1. The summed E-state index contributed by atoms with van der Waals surface area (Å²) in [7, 11) is 0. The van der Waals surface area contributed by atoms with Crippen LogP contribution in [-0.2, 0) is 38.3 Å². The van der Waals surface area contributed by atoms with Crippen LogP contribution in [0.3, 0.4) is 0 Å². The Morgan fingerprint density at radius 3 is 0.968 bits per heavy atom. The zero-order valence-corrected chi connectivity index (χ0v) is 63.4. The summed E-state index contributed by atoms with van der Waals surface area (Å²) in [5.41, 5.74) is -0.243. The van der Waals surface area contributed by atoms with Crippen molar-refractivity contribution in [1.29, 1.82) is 0 Å². The van der Waals surface area contributed by atoms with Crippen LogP contribution in [0.15, 0.2) is 0 Å². The molecule has 0 aromatic carbocycles. The van der Waals surface area contributed by atoms with Gasteiger partial charge in [-0.3, -0.25) is 34.1 Å². The zero-order valence-electron chi connectivity index (χ0n) is 59.6. The molecule has 3 heterocycles. The normalized spacial score (nSPS) is 20.1. The fourth-order valence-electron chi connectivity index (χ4n) is 10.5. The molecule has 0 aliphatic carbocycles. The van der Waals surface area contributed by atoms with Crippen LogP contribution in [0.5, 0.6) is 0 Å². The molecule has 0 amide bonds. The summed E-state index contributed by atoms with van der Waals surface area (Å²) < 4.78 is 5.60. The number of carboxylic acids is 1. The molecule has 6 unspecified atom stereocenters. The molecule has 0 saturated carbocycles. The van der Waals surface area contributed by atoms with Gasteiger partial charge in [-0.25, -0.2) is 0 Å². The number of alkyl halides is 1. The fourth-order valence-corrected chi connectivity index (χ4v) is 10.5. The number of hydrogen-bond acceptors (Lipinski definition) is 30. The zero-order chi connectivity index (χ0) is 72.3. The van der Waals surface area contributed by atoms with Crippen LogP contribution in [0, 0.1) is 50.8 Å². The molecule has 0 bridgehead atoms. The Kier molecular flexibility index (Phi) is 62.9. The van der Waals surface area contributed by atoms with Crippen LogP contribution in [0.25, 0.3) is 0 Å². The molecule has 95 heavy (non-hydrogen) atoms. The molecule has 3 rings (SSSR count). The quantitative estimate of drug-likeness (QED) is 0.0377. The Bertz CT molecular complexity index is 1940. The number of nitrogens with zero attached hydrogens (tertiary/aromatic N) is 9. The van der Waals surface area contributed by atoms with Crippen molar-refractivity contribution in [2.45, 2.75) is 125 Å². The minimum absolute atomic E-state index is 0. The van der Waals surface area contributed by atoms with Gasteiger partial charge in [0, 0.05) is 177 Å². The van der Waals surface area contributed by atoms with Crippen molar-refractivity contribution in [3.05, 3.63) is 0 Å². The van der Waals surface area contributed by atoms with E-state index in [0.29, 0.717) is 51.1 Å². The number of carbonyl (C=O) groups excluding carboxylic acids is 7. The Labute approximate surface area is 608 Å². The van der Waals surface area contributed by atoms with Crippen LogP contribution in [0.4, 0.5) is 0 Å². The van der Waals surface area contributed by atoms with Gasteiger partial charge in [-0.15, -0.1) is 0 Å². The first-order valence-electron chi connectivity index (χ1n) is 33.1. The summed E-state index contributed by atoms with van der Waals surface area (Å²) >= 11 is 2.96. The maximum absolute atomic E-state index is 12.7. The van der Waals surface area contributed by atoms with Crippen LogP contribution in [0.2, 0.25) is 0 Å². The summed E-state index contributed by atoms with van der Waals surface area (Å²) in [4.78, 5) is 85.7. The summed E-state index contributed by atoms with van der Waals surface area (Å²) in [5.74, 6) is -1.19.